The van der Waals surface area contributed by atoms with Gasteiger partial charge in [0.15, 0.2) is 0 Å². The van der Waals surface area contributed by atoms with Gasteiger partial charge in [0.2, 0.25) is 0 Å². The van der Waals surface area contributed by atoms with Gasteiger partial charge in [0.05, 0.1) is 5.56 Å². The maximum absolute atomic E-state index is 15.0. The summed E-state index contributed by atoms with van der Waals surface area (Å²) in [6, 6.07) is 13.3. The second kappa shape index (κ2) is 9.59. The van der Waals surface area contributed by atoms with Gasteiger partial charge in [0.25, 0.3) is 6.08 Å². The van der Waals surface area contributed by atoms with Gasteiger partial charge >= 0.3 is 0 Å². The molecule has 0 aromatic heterocycles. The van der Waals surface area contributed by atoms with E-state index in [2.05, 4.69) is 6.58 Å². The van der Waals surface area contributed by atoms with E-state index < -0.39 is 29.3 Å². The Bertz CT molecular complexity index is 1410. The first-order valence-electron chi connectivity index (χ1n) is 10.4. The van der Waals surface area contributed by atoms with Gasteiger partial charge in [0, 0.05) is 22.6 Å². The minimum absolute atomic E-state index is 0.0445. The Labute approximate surface area is 192 Å². The summed E-state index contributed by atoms with van der Waals surface area (Å²) in [7, 11) is 0. The van der Waals surface area contributed by atoms with Crippen LogP contribution in [0.2, 0.25) is 0 Å². The maximum atomic E-state index is 15.0. The van der Waals surface area contributed by atoms with Gasteiger partial charge < -0.3 is 0 Å². The van der Waals surface area contributed by atoms with E-state index >= 15 is 0 Å². The van der Waals surface area contributed by atoms with Gasteiger partial charge in [0.1, 0.15) is 23.3 Å². The highest BCUT2D eigenvalue weighted by atomic mass is 19.3. The molecule has 0 atom stereocenters. The lowest BCUT2D eigenvalue weighted by Gasteiger charge is -2.11. The molecule has 0 heterocycles. The van der Waals surface area contributed by atoms with Gasteiger partial charge in [-0.2, -0.15) is 8.78 Å². The van der Waals surface area contributed by atoms with Crippen LogP contribution in [0, 0.1) is 23.3 Å². The molecule has 0 fully saturated rings. The van der Waals surface area contributed by atoms with Crippen molar-refractivity contribution in [2.45, 2.75) is 12.8 Å². The third kappa shape index (κ3) is 4.62. The van der Waals surface area contributed by atoms with Crippen molar-refractivity contribution in [2.24, 2.45) is 0 Å². The molecule has 34 heavy (non-hydrogen) atoms. The fraction of sp³-hybridized carbons (Fsp3) is 0.0714. The van der Waals surface area contributed by atoms with E-state index in [-0.39, 0.29) is 27.6 Å². The molecule has 0 N–H and O–H groups in total. The standard InChI is InChI=1S/C28H18F6/c1-2-3-4-16-11-24(30)27(25(31)12-16)19-8-9-21(23(29)14-19)17-7-10-22-18(13-17)5-6-20(28(22)34)15-26(32)33/h2,5-15H,1,3-4H2. The summed E-state index contributed by atoms with van der Waals surface area (Å²) in [5.41, 5.74) is 0.490. The number of benzene rings is 4. The lowest BCUT2D eigenvalue weighted by molar-refractivity contribution is 0.429. The maximum Gasteiger partial charge on any atom is 0.271 e. The molecule has 0 aliphatic heterocycles. The monoisotopic (exact) mass is 468 g/mol. The fourth-order valence-corrected chi connectivity index (χ4v) is 3.92. The van der Waals surface area contributed by atoms with E-state index in [0.29, 0.717) is 35.4 Å². The number of rotatable bonds is 6. The normalized spacial score (nSPS) is 11.0. The Morgan fingerprint density at radius 3 is 2.12 bits per heavy atom. The quantitative estimate of drug-likeness (QED) is 0.196. The first kappa shape index (κ1) is 23.4. The van der Waals surface area contributed by atoms with E-state index in [4.69, 9.17) is 0 Å². The van der Waals surface area contributed by atoms with Crippen molar-refractivity contribution in [3.63, 3.8) is 0 Å². The zero-order valence-corrected chi connectivity index (χ0v) is 17.8. The Balaban J connectivity index is 1.71. The Morgan fingerprint density at radius 1 is 0.765 bits per heavy atom. The molecular formula is C28H18F6. The molecule has 0 amide bonds. The van der Waals surface area contributed by atoms with Crippen molar-refractivity contribution in [1.29, 1.82) is 0 Å². The third-order valence-corrected chi connectivity index (χ3v) is 5.56. The molecule has 0 unspecified atom stereocenters. The molecule has 172 valence electrons. The molecule has 4 aromatic rings. The van der Waals surface area contributed by atoms with Crippen LogP contribution in [0.3, 0.4) is 0 Å². The van der Waals surface area contributed by atoms with Crippen LogP contribution in [0.4, 0.5) is 26.3 Å². The van der Waals surface area contributed by atoms with E-state index in [1.54, 1.807) is 6.08 Å². The first-order chi connectivity index (χ1) is 16.3. The molecule has 0 nitrogen and oxygen atoms in total. The van der Waals surface area contributed by atoms with Crippen LogP contribution in [0.5, 0.6) is 0 Å². The smallest absolute Gasteiger partial charge is 0.206 e. The molecule has 0 bridgehead atoms. The van der Waals surface area contributed by atoms with Crippen LogP contribution in [0.25, 0.3) is 39.1 Å². The lowest BCUT2D eigenvalue weighted by atomic mass is 9.95. The predicted octanol–water partition coefficient (Wildman–Crippen LogP) is 9.09. The predicted molar refractivity (Wildman–Crippen MR) is 123 cm³/mol. The van der Waals surface area contributed by atoms with Crippen molar-refractivity contribution in [2.75, 3.05) is 0 Å². The average molecular weight is 468 g/mol. The largest absolute Gasteiger partial charge is 0.271 e. The second-order valence-corrected chi connectivity index (χ2v) is 7.80. The molecule has 0 aliphatic rings. The number of fused-ring (bicyclic) bond motifs is 1. The fourth-order valence-electron chi connectivity index (χ4n) is 3.92. The summed E-state index contributed by atoms with van der Waals surface area (Å²) < 4.78 is 83.8. The zero-order valence-electron chi connectivity index (χ0n) is 17.8. The molecule has 0 saturated carbocycles. The van der Waals surface area contributed by atoms with Crippen molar-refractivity contribution in [3.8, 4) is 22.3 Å². The van der Waals surface area contributed by atoms with Crippen molar-refractivity contribution in [3.05, 3.63) is 114 Å². The van der Waals surface area contributed by atoms with Crippen molar-refractivity contribution >= 4 is 16.8 Å². The lowest BCUT2D eigenvalue weighted by Crippen LogP contribution is -1.96. The highest BCUT2D eigenvalue weighted by Crippen LogP contribution is 2.34. The van der Waals surface area contributed by atoms with Crippen LogP contribution in [0.1, 0.15) is 17.5 Å². The summed E-state index contributed by atoms with van der Waals surface area (Å²) in [6.45, 7) is 3.59. The Hall–Kier alpha value is -3.80. The number of hydrogen-bond donors (Lipinski definition) is 0. The van der Waals surface area contributed by atoms with Crippen molar-refractivity contribution in [1.82, 2.24) is 0 Å². The highest BCUT2D eigenvalue weighted by molar-refractivity contribution is 5.90. The van der Waals surface area contributed by atoms with Crippen LogP contribution in [-0.4, -0.2) is 0 Å². The van der Waals surface area contributed by atoms with Crippen LogP contribution in [0.15, 0.2) is 79.4 Å². The number of allylic oxidation sites excluding steroid dienone is 1. The van der Waals surface area contributed by atoms with Crippen LogP contribution >= 0.6 is 0 Å². The second-order valence-electron chi connectivity index (χ2n) is 7.80. The molecule has 4 rings (SSSR count). The van der Waals surface area contributed by atoms with E-state index in [9.17, 15) is 26.3 Å². The molecule has 0 spiro atoms. The van der Waals surface area contributed by atoms with Crippen LogP contribution in [-0.2, 0) is 6.42 Å². The molecule has 4 aromatic carbocycles. The Morgan fingerprint density at radius 2 is 1.47 bits per heavy atom. The van der Waals surface area contributed by atoms with Gasteiger partial charge in [-0.05, 0) is 59.2 Å². The third-order valence-electron chi connectivity index (χ3n) is 5.56. The number of aryl methyl sites for hydroxylation is 1. The van der Waals surface area contributed by atoms with E-state index in [1.165, 1.54) is 54.6 Å². The number of halogens is 6. The highest BCUT2D eigenvalue weighted by Gasteiger charge is 2.16. The van der Waals surface area contributed by atoms with Gasteiger partial charge in [-0.15, -0.1) is 6.58 Å². The minimum Gasteiger partial charge on any atom is -0.206 e. The molecule has 0 saturated heterocycles. The molecule has 0 radical (unpaired) electrons. The summed E-state index contributed by atoms with van der Waals surface area (Å²) in [4.78, 5) is 0. The van der Waals surface area contributed by atoms with E-state index in [0.717, 1.165) is 6.07 Å². The summed E-state index contributed by atoms with van der Waals surface area (Å²) in [6.07, 6.45) is 1.08. The average Bonchev–Trinajstić information content (AvgIpc) is 2.79. The van der Waals surface area contributed by atoms with Crippen molar-refractivity contribution < 1.29 is 26.3 Å². The van der Waals surface area contributed by atoms with Gasteiger partial charge in [-0.3, -0.25) is 0 Å². The van der Waals surface area contributed by atoms with E-state index in [1.807, 2.05) is 0 Å². The number of hydrogen-bond acceptors (Lipinski definition) is 0. The molecule has 0 aliphatic carbocycles. The molecule has 6 heteroatoms. The summed E-state index contributed by atoms with van der Waals surface area (Å²) in [5, 5.41) is 0.499. The minimum atomic E-state index is -2.02. The summed E-state index contributed by atoms with van der Waals surface area (Å²) in [5.74, 6) is -3.11. The topological polar surface area (TPSA) is 0 Å². The van der Waals surface area contributed by atoms with Gasteiger partial charge in [-0.25, -0.2) is 17.6 Å². The molecular weight excluding hydrogens is 450 g/mol. The SMILES string of the molecule is C=CCCc1cc(F)c(-c2ccc(-c3ccc4c(F)c(C=C(F)F)ccc4c3)c(F)c2)c(F)c1. The summed E-state index contributed by atoms with van der Waals surface area (Å²) >= 11 is 0. The Kier molecular flexibility index (Phi) is 6.59. The zero-order chi connectivity index (χ0) is 24.4. The van der Waals surface area contributed by atoms with Gasteiger partial charge in [-0.1, -0.05) is 42.5 Å². The van der Waals surface area contributed by atoms with Crippen LogP contribution < -0.4 is 0 Å². The first-order valence-corrected chi connectivity index (χ1v) is 10.4.